The largest absolute Gasteiger partial charge is 0.316 e. The Morgan fingerprint density at radius 3 is 2.79 bits per heavy atom. The zero-order valence-corrected chi connectivity index (χ0v) is 19.2. The van der Waals surface area contributed by atoms with E-state index in [4.69, 9.17) is 0 Å². The predicted molar refractivity (Wildman–Crippen MR) is 130 cm³/mol. The number of nitrogens with one attached hydrogen (secondary N) is 1. The maximum absolute atomic E-state index is 13.9. The van der Waals surface area contributed by atoms with Crippen LogP contribution in [0, 0.1) is 17.1 Å². The second-order valence-corrected chi connectivity index (χ2v) is 9.81. The molecular weight excluding hydrogens is 455 g/mol. The summed E-state index contributed by atoms with van der Waals surface area (Å²) in [4.78, 5) is 23.2. The number of nitriles is 1. The average Bonchev–Trinajstić information content (AvgIpc) is 3.19. The van der Waals surface area contributed by atoms with Crippen molar-refractivity contribution in [3.05, 3.63) is 70.4 Å². The van der Waals surface area contributed by atoms with Crippen LogP contribution < -0.4 is 5.32 Å². The van der Waals surface area contributed by atoms with Gasteiger partial charge in [-0.15, -0.1) is 11.3 Å². The Morgan fingerprint density at radius 2 is 1.97 bits per heavy atom. The number of hydrogen-bond donors (Lipinski definition) is 1. The highest BCUT2D eigenvalue weighted by Crippen LogP contribution is 2.38. The molecule has 8 heteroatoms. The minimum Gasteiger partial charge on any atom is -0.316 e. The molecule has 5 nitrogen and oxygen atoms in total. The zero-order chi connectivity index (χ0) is 22.8. The number of aryl methyl sites for hydroxylation is 1. The number of benzene rings is 2. The Balaban J connectivity index is 1.40. The van der Waals surface area contributed by atoms with Crippen molar-refractivity contribution in [2.24, 2.45) is 0 Å². The summed E-state index contributed by atoms with van der Waals surface area (Å²) in [6.07, 6.45) is 4.03. The lowest BCUT2D eigenvalue weighted by Gasteiger charge is -2.09. The molecule has 0 unspecified atom stereocenters. The van der Waals surface area contributed by atoms with Gasteiger partial charge in [0.2, 0.25) is 5.91 Å². The SMILES string of the molecule is N#Cc1c(NC(=O)CSc2nc(-c3ccccc3)nc3ccc(F)cc23)sc2c1CCCC2. The van der Waals surface area contributed by atoms with Gasteiger partial charge in [-0.25, -0.2) is 14.4 Å². The average molecular weight is 475 g/mol. The molecule has 0 saturated heterocycles. The fourth-order valence-corrected chi connectivity index (χ4v) is 6.03. The number of halogens is 1. The van der Waals surface area contributed by atoms with E-state index in [1.54, 1.807) is 6.07 Å². The molecule has 0 spiro atoms. The first-order chi connectivity index (χ1) is 16.1. The van der Waals surface area contributed by atoms with Gasteiger partial charge in [0.25, 0.3) is 0 Å². The van der Waals surface area contributed by atoms with Gasteiger partial charge in [-0.3, -0.25) is 4.79 Å². The monoisotopic (exact) mass is 474 g/mol. The van der Waals surface area contributed by atoms with Gasteiger partial charge in [0.1, 0.15) is 21.9 Å². The molecule has 2 aromatic carbocycles. The summed E-state index contributed by atoms with van der Waals surface area (Å²) in [5.41, 5.74) is 3.14. The number of hydrogen-bond acceptors (Lipinski definition) is 6. The van der Waals surface area contributed by atoms with Gasteiger partial charge < -0.3 is 5.32 Å². The fraction of sp³-hybridized carbons (Fsp3) is 0.200. The van der Waals surface area contributed by atoms with Gasteiger partial charge in [-0.2, -0.15) is 5.26 Å². The van der Waals surface area contributed by atoms with E-state index in [-0.39, 0.29) is 17.5 Å². The maximum atomic E-state index is 13.9. The van der Waals surface area contributed by atoms with Gasteiger partial charge in [-0.05, 0) is 49.4 Å². The predicted octanol–water partition coefficient (Wildman–Crippen LogP) is 5.98. The first-order valence-corrected chi connectivity index (χ1v) is 12.4. The molecule has 2 aromatic heterocycles. The van der Waals surface area contributed by atoms with E-state index in [2.05, 4.69) is 21.4 Å². The molecule has 1 amide bonds. The van der Waals surface area contributed by atoms with Crippen LogP contribution in [0.15, 0.2) is 53.6 Å². The quantitative estimate of drug-likeness (QED) is 0.284. The van der Waals surface area contributed by atoms with Crippen molar-refractivity contribution in [1.29, 1.82) is 5.26 Å². The number of amides is 1. The highest BCUT2D eigenvalue weighted by Gasteiger charge is 2.22. The summed E-state index contributed by atoms with van der Waals surface area (Å²) >= 11 is 2.74. The molecule has 164 valence electrons. The number of thioether (sulfide) groups is 1. The lowest BCUT2D eigenvalue weighted by molar-refractivity contribution is -0.113. The Labute approximate surface area is 198 Å². The number of fused-ring (bicyclic) bond motifs is 2. The molecule has 4 aromatic rings. The summed E-state index contributed by atoms with van der Waals surface area (Å²) in [5, 5.41) is 14.3. The van der Waals surface area contributed by atoms with E-state index < -0.39 is 0 Å². The molecule has 5 rings (SSSR count). The Hall–Kier alpha value is -3.28. The van der Waals surface area contributed by atoms with Crippen molar-refractivity contribution in [3.8, 4) is 17.5 Å². The summed E-state index contributed by atoms with van der Waals surface area (Å²) in [6.45, 7) is 0. The van der Waals surface area contributed by atoms with Gasteiger partial charge in [0.15, 0.2) is 5.82 Å². The Bertz CT molecular complexity index is 1400. The van der Waals surface area contributed by atoms with Gasteiger partial charge in [0, 0.05) is 15.8 Å². The lowest BCUT2D eigenvalue weighted by atomic mass is 9.96. The number of thiophene rings is 1. The van der Waals surface area contributed by atoms with E-state index in [1.165, 1.54) is 40.1 Å². The van der Waals surface area contributed by atoms with E-state index in [0.717, 1.165) is 36.8 Å². The fourth-order valence-electron chi connectivity index (χ4n) is 3.97. The molecule has 1 N–H and O–H groups in total. The van der Waals surface area contributed by atoms with Crippen LogP contribution in [0.3, 0.4) is 0 Å². The number of anilines is 1. The van der Waals surface area contributed by atoms with E-state index in [0.29, 0.717) is 32.3 Å². The third-order valence-electron chi connectivity index (χ3n) is 5.53. The Kier molecular flexibility index (Phi) is 6.07. The van der Waals surface area contributed by atoms with Crippen LogP contribution in [-0.4, -0.2) is 21.6 Å². The second-order valence-electron chi connectivity index (χ2n) is 7.74. The van der Waals surface area contributed by atoms with Crippen LogP contribution in [-0.2, 0) is 17.6 Å². The molecule has 0 saturated carbocycles. The molecular formula is C25H19FN4OS2. The molecule has 1 aliphatic carbocycles. The van der Waals surface area contributed by atoms with Crippen LogP contribution in [0.2, 0.25) is 0 Å². The molecule has 0 radical (unpaired) electrons. The van der Waals surface area contributed by atoms with Crippen LogP contribution in [0.4, 0.5) is 9.39 Å². The highest BCUT2D eigenvalue weighted by atomic mass is 32.2. The van der Waals surface area contributed by atoms with Crippen molar-refractivity contribution in [2.45, 2.75) is 30.7 Å². The van der Waals surface area contributed by atoms with E-state index in [1.807, 2.05) is 30.3 Å². The lowest BCUT2D eigenvalue weighted by Crippen LogP contribution is -2.14. The van der Waals surface area contributed by atoms with E-state index >= 15 is 0 Å². The number of rotatable bonds is 5. The van der Waals surface area contributed by atoms with Gasteiger partial charge in [0.05, 0.1) is 16.8 Å². The summed E-state index contributed by atoms with van der Waals surface area (Å²) in [7, 11) is 0. The van der Waals surface area contributed by atoms with Crippen LogP contribution >= 0.6 is 23.1 Å². The van der Waals surface area contributed by atoms with Crippen LogP contribution in [0.25, 0.3) is 22.3 Å². The third kappa shape index (κ3) is 4.47. The number of aromatic nitrogens is 2. The van der Waals surface area contributed by atoms with Gasteiger partial charge >= 0.3 is 0 Å². The van der Waals surface area contributed by atoms with Crippen molar-refractivity contribution in [2.75, 3.05) is 11.1 Å². The molecule has 2 heterocycles. The molecule has 1 aliphatic rings. The first kappa shape index (κ1) is 21.6. The number of nitrogens with zero attached hydrogens (tertiary/aromatic N) is 3. The normalized spacial score (nSPS) is 12.8. The smallest absolute Gasteiger partial charge is 0.235 e. The Morgan fingerprint density at radius 1 is 1.15 bits per heavy atom. The van der Waals surface area contributed by atoms with Crippen molar-refractivity contribution < 1.29 is 9.18 Å². The minimum atomic E-state index is -0.382. The third-order valence-corrected chi connectivity index (χ3v) is 7.73. The van der Waals surface area contributed by atoms with E-state index in [9.17, 15) is 14.4 Å². The molecule has 0 aliphatic heterocycles. The molecule has 0 fully saturated rings. The maximum Gasteiger partial charge on any atom is 0.235 e. The molecule has 0 bridgehead atoms. The topological polar surface area (TPSA) is 78.7 Å². The van der Waals surface area contributed by atoms with Crippen molar-refractivity contribution in [1.82, 2.24) is 9.97 Å². The van der Waals surface area contributed by atoms with Gasteiger partial charge in [-0.1, -0.05) is 42.1 Å². The highest BCUT2D eigenvalue weighted by molar-refractivity contribution is 8.00. The van der Waals surface area contributed by atoms with Crippen LogP contribution in [0.5, 0.6) is 0 Å². The number of carbonyl (C=O) groups excluding carboxylic acids is 1. The zero-order valence-electron chi connectivity index (χ0n) is 17.6. The first-order valence-electron chi connectivity index (χ1n) is 10.6. The number of carbonyl (C=O) groups is 1. The summed E-state index contributed by atoms with van der Waals surface area (Å²) in [6, 6.07) is 16.2. The second kappa shape index (κ2) is 9.30. The summed E-state index contributed by atoms with van der Waals surface area (Å²) < 4.78 is 13.9. The van der Waals surface area contributed by atoms with Crippen LogP contribution in [0.1, 0.15) is 28.8 Å². The van der Waals surface area contributed by atoms with Crippen molar-refractivity contribution >= 4 is 44.9 Å². The molecule has 0 atom stereocenters. The minimum absolute atomic E-state index is 0.0876. The summed E-state index contributed by atoms with van der Waals surface area (Å²) in [5.74, 6) is 0.00660. The standard InChI is InChI=1S/C25H19FN4OS2/c26-16-10-11-20-18(12-16)24(30-23(28-20)15-6-2-1-3-7-15)32-14-22(31)29-25-19(13-27)17-8-4-5-9-21(17)33-25/h1-3,6-7,10-12H,4-5,8-9,14H2,(H,29,31). The van der Waals surface area contributed by atoms with Crippen molar-refractivity contribution in [3.63, 3.8) is 0 Å². The molecule has 33 heavy (non-hydrogen) atoms.